The maximum Gasteiger partial charge on any atom is 0.271 e. The Labute approximate surface area is 99.6 Å². The van der Waals surface area contributed by atoms with Crippen LogP contribution in [0.15, 0.2) is 24.3 Å². The van der Waals surface area contributed by atoms with Crippen LogP contribution in [0.5, 0.6) is 0 Å². The van der Waals surface area contributed by atoms with Crippen LogP contribution in [-0.4, -0.2) is 22.2 Å². The quantitative estimate of drug-likeness (QED) is 0.623. The number of aliphatic hydroxyl groups is 1. The molecule has 0 aliphatic heterocycles. The van der Waals surface area contributed by atoms with Crippen LogP contribution in [0.3, 0.4) is 0 Å². The van der Waals surface area contributed by atoms with E-state index in [0.717, 1.165) is 25.7 Å². The average molecular weight is 236 g/mol. The largest absolute Gasteiger partial charge is 0.391 e. The number of rotatable bonds is 3. The molecule has 5 heteroatoms. The van der Waals surface area contributed by atoms with Crippen molar-refractivity contribution >= 4 is 11.4 Å². The highest BCUT2D eigenvalue weighted by atomic mass is 16.6. The van der Waals surface area contributed by atoms with Gasteiger partial charge in [-0.05, 0) is 18.9 Å². The lowest BCUT2D eigenvalue weighted by atomic mass is 9.92. The van der Waals surface area contributed by atoms with Gasteiger partial charge in [0.25, 0.3) is 5.69 Å². The van der Waals surface area contributed by atoms with E-state index in [1.54, 1.807) is 12.1 Å². The zero-order valence-electron chi connectivity index (χ0n) is 9.50. The van der Waals surface area contributed by atoms with Crippen LogP contribution in [0, 0.1) is 10.1 Å². The minimum absolute atomic E-state index is 0.00533. The van der Waals surface area contributed by atoms with E-state index in [1.165, 1.54) is 12.1 Å². The zero-order chi connectivity index (χ0) is 12.3. The summed E-state index contributed by atoms with van der Waals surface area (Å²) in [4.78, 5) is 10.2. The summed E-state index contributed by atoms with van der Waals surface area (Å²) in [6.07, 6.45) is 3.48. The molecule has 1 aliphatic rings. The van der Waals surface area contributed by atoms with Gasteiger partial charge in [-0.2, -0.15) is 0 Å². The number of anilines is 1. The van der Waals surface area contributed by atoms with Gasteiger partial charge >= 0.3 is 0 Å². The monoisotopic (exact) mass is 236 g/mol. The molecule has 1 fully saturated rings. The molecule has 2 atom stereocenters. The highest BCUT2D eigenvalue weighted by molar-refractivity contribution is 5.51. The summed E-state index contributed by atoms with van der Waals surface area (Å²) in [5, 5.41) is 23.6. The number of nitrogens with one attached hydrogen (secondary N) is 1. The normalized spacial score (nSPS) is 24.3. The Bertz CT molecular complexity index is 408. The van der Waals surface area contributed by atoms with E-state index in [4.69, 9.17) is 0 Å². The van der Waals surface area contributed by atoms with Crippen LogP contribution < -0.4 is 5.32 Å². The number of hydrogen-bond donors (Lipinski definition) is 2. The predicted octanol–water partition coefficient (Wildman–Crippen LogP) is 2.31. The number of non-ortho nitro benzene ring substituents is 1. The SMILES string of the molecule is O=[N+]([O-])c1cccc(N[C@@H]2CCCC[C@H]2O)c1. The van der Waals surface area contributed by atoms with Gasteiger partial charge < -0.3 is 10.4 Å². The Balaban J connectivity index is 2.07. The first-order valence-electron chi connectivity index (χ1n) is 5.86. The van der Waals surface area contributed by atoms with Crippen LogP contribution in [0.2, 0.25) is 0 Å². The summed E-state index contributed by atoms with van der Waals surface area (Å²) >= 11 is 0. The van der Waals surface area contributed by atoms with Gasteiger partial charge in [-0.15, -0.1) is 0 Å². The third kappa shape index (κ3) is 2.94. The topological polar surface area (TPSA) is 75.4 Å². The summed E-state index contributed by atoms with van der Waals surface area (Å²) < 4.78 is 0. The first kappa shape index (κ1) is 11.9. The molecule has 92 valence electrons. The Hall–Kier alpha value is -1.62. The molecule has 0 bridgehead atoms. The summed E-state index contributed by atoms with van der Waals surface area (Å²) in [6.45, 7) is 0. The molecular formula is C12H16N2O3. The van der Waals surface area contributed by atoms with Crippen molar-refractivity contribution in [2.45, 2.75) is 37.8 Å². The van der Waals surface area contributed by atoms with Crippen LogP contribution in [0.25, 0.3) is 0 Å². The number of aliphatic hydroxyl groups excluding tert-OH is 1. The minimum atomic E-state index is -0.414. The third-order valence-electron chi connectivity index (χ3n) is 3.14. The van der Waals surface area contributed by atoms with E-state index in [9.17, 15) is 15.2 Å². The maximum absolute atomic E-state index is 10.6. The van der Waals surface area contributed by atoms with E-state index in [-0.39, 0.29) is 17.8 Å². The predicted molar refractivity (Wildman–Crippen MR) is 65.0 cm³/mol. The van der Waals surface area contributed by atoms with Crippen LogP contribution >= 0.6 is 0 Å². The number of benzene rings is 1. The molecule has 0 radical (unpaired) electrons. The number of hydrogen-bond acceptors (Lipinski definition) is 4. The van der Waals surface area contributed by atoms with E-state index >= 15 is 0 Å². The smallest absolute Gasteiger partial charge is 0.271 e. The van der Waals surface area contributed by atoms with Crippen molar-refractivity contribution in [3.05, 3.63) is 34.4 Å². The Morgan fingerprint density at radius 3 is 2.82 bits per heavy atom. The second kappa shape index (κ2) is 5.14. The summed E-state index contributed by atoms with van der Waals surface area (Å²) in [5.74, 6) is 0. The second-order valence-corrected chi connectivity index (χ2v) is 4.41. The van der Waals surface area contributed by atoms with Crippen molar-refractivity contribution in [3.63, 3.8) is 0 Å². The molecule has 0 aromatic heterocycles. The fourth-order valence-electron chi connectivity index (χ4n) is 2.20. The fraction of sp³-hybridized carbons (Fsp3) is 0.500. The fourth-order valence-corrected chi connectivity index (χ4v) is 2.20. The van der Waals surface area contributed by atoms with Gasteiger partial charge in [-0.1, -0.05) is 18.9 Å². The molecule has 0 unspecified atom stereocenters. The van der Waals surface area contributed by atoms with Crippen LogP contribution in [0.4, 0.5) is 11.4 Å². The lowest BCUT2D eigenvalue weighted by Crippen LogP contribution is -2.36. The molecule has 1 aromatic rings. The molecule has 5 nitrogen and oxygen atoms in total. The molecule has 0 saturated heterocycles. The highest BCUT2D eigenvalue weighted by Crippen LogP contribution is 2.24. The summed E-state index contributed by atoms with van der Waals surface area (Å²) in [5.41, 5.74) is 0.769. The molecule has 0 amide bonds. The van der Waals surface area contributed by atoms with Crippen LogP contribution in [0.1, 0.15) is 25.7 Å². The van der Waals surface area contributed by atoms with Crippen molar-refractivity contribution in [2.75, 3.05) is 5.32 Å². The van der Waals surface area contributed by atoms with E-state index < -0.39 is 4.92 Å². The molecule has 17 heavy (non-hydrogen) atoms. The van der Waals surface area contributed by atoms with E-state index in [0.29, 0.717) is 5.69 Å². The average Bonchev–Trinajstić information content (AvgIpc) is 2.32. The molecular weight excluding hydrogens is 220 g/mol. The molecule has 1 saturated carbocycles. The minimum Gasteiger partial charge on any atom is -0.391 e. The van der Waals surface area contributed by atoms with Crippen molar-refractivity contribution in [2.24, 2.45) is 0 Å². The first-order chi connectivity index (χ1) is 8.16. The van der Waals surface area contributed by atoms with Gasteiger partial charge in [0.1, 0.15) is 0 Å². The van der Waals surface area contributed by atoms with Gasteiger partial charge in [0.2, 0.25) is 0 Å². The highest BCUT2D eigenvalue weighted by Gasteiger charge is 2.22. The maximum atomic E-state index is 10.6. The lowest BCUT2D eigenvalue weighted by Gasteiger charge is -2.29. The van der Waals surface area contributed by atoms with Crippen molar-refractivity contribution < 1.29 is 10.0 Å². The standard InChI is InChI=1S/C12H16N2O3/c15-12-7-2-1-6-11(12)13-9-4-3-5-10(8-9)14(16)17/h3-5,8,11-13,15H,1-2,6-7H2/t11-,12-/m1/s1. The van der Waals surface area contributed by atoms with Gasteiger partial charge in [-0.25, -0.2) is 0 Å². The van der Waals surface area contributed by atoms with Gasteiger partial charge in [0.15, 0.2) is 0 Å². The first-order valence-corrected chi connectivity index (χ1v) is 5.86. The molecule has 2 N–H and O–H groups in total. The molecule has 1 aliphatic carbocycles. The summed E-state index contributed by atoms with van der Waals surface area (Å²) in [7, 11) is 0. The molecule has 2 rings (SSSR count). The number of nitro benzene ring substituents is 1. The second-order valence-electron chi connectivity index (χ2n) is 4.41. The van der Waals surface area contributed by atoms with Gasteiger partial charge in [-0.3, -0.25) is 10.1 Å². The number of nitro groups is 1. The molecule has 0 spiro atoms. The van der Waals surface area contributed by atoms with Gasteiger partial charge in [0.05, 0.1) is 17.1 Å². The Kier molecular flexibility index (Phi) is 3.58. The number of nitrogens with zero attached hydrogens (tertiary/aromatic N) is 1. The van der Waals surface area contributed by atoms with Crippen molar-refractivity contribution in [1.82, 2.24) is 0 Å². The summed E-state index contributed by atoms with van der Waals surface area (Å²) in [6, 6.07) is 6.40. The lowest BCUT2D eigenvalue weighted by molar-refractivity contribution is -0.384. The van der Waals surface area contributed by atoms with E-state index in [2.05, 4.69) is 5.32 Å². The Morgan fingerprint density at radius 2 is 2.12 bits per heavy atom. The third-order valence-corrected chi connectivity index (χ3v) is 3.14. The van der Waals surface area contributed by atoms with E-state index in [1.807, 2.05) is 0 Å². The van der Waals surface area contributed by atoms with Crippen LogP contribution in [-0.2, 0) is 0 Å². The van der Waals surface area contributed by atoms with Crippen molar-refractivity contribution in [1.29, 1.82) is 0 Å². The van der Waals surface area contributed by atoms with Crippen molar-refractivity contribution in [3.8, 4) is 0 Å². The van der Waals surface area contributed by atoms with Gasteiger partial charge in [0, 0.05) is 17.8 Å². The molecule has 0 heterocycles. The zero-order valence-corrected chi connectivity index (χ0v) is 9.50. The Morgan fingerprint density at radius 1 is 1.35 bits per heavy atom. The molecule has 1 aromatic carbocycles.